The van der Waals surface area contributed by atoms with Crippen molar-refractivity contribution in [3.8, 4) is 17.6 Å². The van der Waals surface area contributed by atoms with Crippen LogP contribution in [0.15, 0.2) is 60.7 Å². The first-order valence-corrected chi connectivity index (χ1v) is 7.61. The summed E-state index contributed by atoms with van der Waals surface area (Å²) in [6, 6.07) is 22.7. The number of rotatable bonds is 3. The first-order valence-electron chi connectivity index (χ1n) is 7.61. The Labute approximate surface area is 134 Å². The molecule has 0 aliphatic carbocycles. The van der Waals surface area contributed by atoms with Crippen molar-refractivity contribution in [1.82, 2.24) is 0 Å². The van der Waals surface area contributed by atoms with E-state index >= 15 is 0 Å². The minimum atomic E-state index is -0.193. The minimum Gasteiger partial charge on any atom is -0.454 e. The van der Waals surface area contributed by atoms with Crippen LogP contribution in [0.5, 0.6) is 11.5 Å². The third-order valence-corrected chi connectivity index (χ3v) is 4.23. The molecule has 0 saturated heterocycles. The first kappa shape index (κ1) is 13.7. The summed E-state index contributed by atoms with van der Waals surface area (Å²) in [5, 5.41) is 12.0. The summed E-state index contributed by atoms with van der Waals surface area (Å²) in [5.74, 6) is 1.34. The SMILES string of the molecule is N#CC(Cc1ccc2c(c1)OCO2)c1cccc2ccccc12. The highest BCUT2D eigenvalue weighted by Crippen LogP contribution is 2.34. The Morgan fingerprint density at radius 3 is 2.70 bits per heavy atom. The molecule has 3 nitrogen and oxygen atoms in total. The van der Waals surface area contributed by atoms with Gasteiger partial charge in [-0.15, -0.1) is 0 Å². The van der Waals surface area contributed by atoms with Crippen LogP contribution < -0.4 is 9.47 Å². The second kappa shape index (κ2) is 5.66. The van der Waals surface area contributed by atoms with Gasteiger partial charge in [0.1, 0.15) is 0 Å². The van der Waals surface area contributed by atoms with Gasteiger partial charge in [0.15, 0.2) is 11.5 Å². The molecule has 1 heterocycles. The van der Waals surface area contributed by atoms with E-state index in [9.17, 15) is 5.26 Å². The standard InChI is InChI=1S/C20H15NO2/c21-12-16(10-14-8-9-19-20(11-14)23-13-22-19)18-7-3-5-15-4-1-2-6-17(15)18/h1-9,11,16H,10,13H2. The number of nitrogens with zero attached hydrogens (tertiary/aromatic N) is 1. The molecule has 1 atom stereocenters. The molecule has 1 unspecified atom stereocenters. The van der Waals surface area contributed by atoms with Crippen molar-refractivity contribution in [2.75, 3.05) is 6.79 Å². The fourth-order valence-electron chi connectivity index (χ4n) is 3.08. The van der Waals surface area contributed by atoms with Gasteiger partial charge in [-0.25, -0.2) is 0 Å². The van der Waals surface area contributed by atoms with Crippen LogP contribution in [0.25, 0.3) is 10.8 Å². The van der Waals surface area contributed by atoms with E-state index in [-0.39, 0.29) is 12.7 Å². The summed E-state index contributed by atoms with van der Waals surface area (Å²) in [6.07, 6.45) is 0.654. The second-order valence-electron chi connectivity index (χ2n) is 5.64. The van der Waals surface area contributed by atoms with Crippen molar-refractivity contribution in [2.45, 2.75) is 12.3 Å². The van der Waals surface area contributed by atoms with Crippen molar-refractivity contribution >= 4 is 10.8 Å². The Morgan fingerprint density at radius 2 is 1.78 bits per heavy atom. The van der Waals surface area contributed by atoms with E-state index in [0.717, 1.165) is 33.4 Å². The van der Waals surface area contributed by atoms with Crippen LogP contribution in [0, 0.1) is 11.3 Å². The average molecular weight is 301 g/mol. The number of hydrogen-bond donors (Lipinski definition) is 0. The van der Waals surface area contributed by atoms with Gasteiger partial charge in [0.25, 0.3) is 0 Å². The van der Waals surface area contributed by atoms with Crippen LogP contribution >= 0.6 is 0 Å². The first-order chi connectivity index (χ1) is 11.3. The van der Waals surface area contributed by atoms with Gasteiger partial charge in [-0.05, 0) is 40.5 Å². The number of fused-ring (bicyclic) bond motifs is 2. The van der Waals surface area contributed by atoms with Gasteiger partial charge in [-0.3, -0.25) is 0 Å². The molecule has 23 heavy (non-hydrogen) atoms. The number of ether oxygens (including phenoxy) is 2. The van der Waals surface area contributed by atoms with E-state index in [2.05, 4.69) is 24.3 Å². The van der Waals surface area contributed by atoms with Crippen molar-refractivity contribution in [2.24, 2.45) is 0 Å². The minimum absolute atomic E-state index is 0.193. The second-order valence-corrected chi connectivity index (χ2v) is 5.64. The summed E-state index contributed by atoms with van der Waals surface area (Å²) < 4.78 is 10.8. The predicted octanol–water partition coefficient (Wildman–Crippen LogP) is 4.42. The number of hydrogen-bond acceptors (Lipinski definition) is 3. The van der Waals surface area contributed by atoms with Gasteiger partial charge in [0.2, 0.25) is 6.79 Å². The zero-order valence-corrected chi connectivity index (χ0v) is 12.5. The molecule has 1 aliphatic rings. The van der Waals surface area contributed by atoms with Crippen molar-refractivity contribution in [3.05, 3.63) is 71.8 Å². The lowest BCUT2D eigenvalue weighted by molar-refractivity contribution is 0.174. The zero-order chi connectivity index (χ0) is 15.6. The third kappa shape index (κ3) is 2.49. The Bertz CT molecular complexity index is 906. The van der Waals surface area contributed by atoms with E-state index in [0.29, 0.717) is 6.42 Å². The van der Waals surface area contributed by atoms with Crippen LogP contribution in [0.2, 0.25) is 0 Å². The Hall–Kier alpha value is -2.99. The van der Waals surface area contributed by atoms with E-state index in [1.807, 2.05) is 42.5 Å². The van der Waals surface area contributed by atoms with E-state index in [4.69, 9.17) is 9.47 Å². The molecule has 4 rings (SSSR count). The summed E-state index contributed by atoms with van der Waals surface area (Å²) in [6.45, 7) is 0.268. The Kier molecular flexibility index (Phi) is 3.36. The van der Waals surface area contributed by atoms with E-state index < -0.39 is 0 Å². The summed E-state index contributed by atoms with van der Waals surface area (Å²) in [7, 11) is 0. The lowest BCUT2D eigenvalue weighted by atomic mass is 9.89. The van der Waals surface area contributed by atoms with Crippen LogP contribution in [-0.4, -0.2) is 6.79 Å². The van der Waals surface area contributed by atoms with Crippen molar-refractivity contribution < 1.29 is 9.47 Å². The van der Waals surface area contributed by atoms with Crippen LogP contribution in [0.4, 0.5) is 0 Å². The molecule has 0 aromatic heterocycles. The number of nitriles is 1. The molecule has 0 fully saturated rings. The predicted molar refractivity (Wildman–Crippen MR) is 88.6 cm³/mol. The highest BCUT2D eigenvalue weighted by atomic mass is 16.7. The molecule has 3 aromatic carbocycles. The molecular weight excluding hydrogens is 286 g/mol. The van der Waals surface area contributed by atoms with Gasteiger partial charge in [-0.1, -0.05) is 48.5 Å². The van der Waals surface area contributed by atoms with Crippen LogP contribution in [0.3, 0.4) is 0 Å². The maximum atomic E-state index is 9.69. The molecule has 0 amide bonds. The molecule has 0 spiro atoms. The maximum Gasteiger partial charge on any atom is 0.231 e. The molecule has 3 heteroatoms. The highest BCUT2D eigenvalue weighted by molar-refractivity contribution is 5.86. The molecule has 3 aromatic rings. The topological polar surface area (TPSA) is 42.2 Å². The molecule has 0 bridgehead atoms. The zero-order valence-electron chi connectivity index (χ0n) is 12.5. The van der Waals surface area contributed by atoms with Gasteiger partial charge < -0.3 is 9.47 Å². The van der Waals surface area contributed by atoms with Crippen molar-refractivity contribution in [3.63, 3.8) is 0 Å². The smallest absolute Gasteiger partial charge is 0.231 e. The summed E-state index contributed by atoms with van der Waals surface area (Å²) in [5.41, 5.74) is 2.15. The molecule has 112 valence electrons. The fraction of sp³-hybridized carbons (Fsp3) is 0.150. The maximum absolute atomic E-state index is 9.69. The highest BCUT2D eigenvalue weighted by Gasteiger charge is 2.18. The lowest BCUT2D eigenvalue weighted by Crippen LogP contribution is -2.01. The lowest BCUT2D eigenvalue weighted by Gasteiger charge is -2.13. The summed E-state index contributed by atoms with van der Waals surface area (Å²) >= 11 is 0. The van der Waals surface area contributed by atoms with Gasteiger partial charge in [-0.2, -0.15) is 5.26 Å². The number of benzene rings is 3. The monoisotopic (exact) mass is 301 g/mol. The molecule has 0 saturated carbocycles. The van der Waals surface area contributed by atoms with E-state index in [1.165, 1.54) is 0 Å². The molecule has 0 radical (unpaired) electrons. The van der Waals surface area contributed by atoms with E-state index in [1.54, 1.807) is 0 Å². The molecule has 0 N–H and O–H groups in total. The Morgan fingerprint density at radius 1 is 0.957 bits per heavy atom. The van der Waals surface area contributed by atoms with Gasteiger partial charge in [0.05, 0.1) is 12.0 Å². The Balaban J connectivity index is 1.70. The third-order valence-electron chi connectivity index (χ3n) is 4.23. The normalized spacial score (nSPS) is 13.7. The van der Waals surface area contributed by atoms with Gasteiger partial charge >= 0.3 is 0 Å². The van der Waals surface area contributed by atoms with Gasteiger partial charge in [0, 0.05) is 0 Å². The van der Waals surface area contributed by atoms with Crippen LogP contribution in [0.1, 0.15) is 17.0 Å². The van der Waals surface area contributed by atoms with Crippen LogP contribution in [-0.2, 0) is 6.42 Å². The summed E-state index contributed by atoms with van der Waals surface area (Å²) in [4.78, 5) is 0. The largest absolute Gasteiger partial charge is 0.454 e. The molecular formula is C20H15NO2. The quantitative estimate of drug-likeness (QED) is 0.719. The molecule has 1 aliphatic heterocycles. The average Bonchev–Trinajstić information content (AvgIpc) is 3.07. The fourth-order valence-corrected chi connectivity index (χ4v) is 3.08. The van der Waals surface area contributed by atoms with Crippen molar-refractivity contribution in [1.29, 1.82) is 5.26 Å².